The van der Waals surface area contributed by atoms with Gasteiger partial charge in [0.2, 0.25) is 0 Å². The van der Waals surface area contributed by atoms with Crippen molar-refractivity contribution in [1.82, 2.24) is 9.27 Å². The Bertz CT molecular complexity index is 420. The van der Waals surface area contributed by atoms with Gasteiger partial charge in [0.1, 0.15) is 10.6 Å². The van der Waals surface area contributed by atoms with Crippen molar-refractivity contribution in [2.45, 2.75) is 26.8 Å². The van der Waals surface area contributed by atoms with Gasteiger partial charge in [0, 0.05) is 19.1 Å². The fraction of sp³-hybridized carbons (Fsp3) is 0.667. The van der Waals surface area contributed by atoms with E-state index in [1.165, 1.54) is 11.5 Å². The summed E-state index contributed by atoms with van der Waals surface area (Å²) < 4.78 is 8.97. The van der Waals surface area contributed by atoms with Crippen LogP contribution in [0.1, 0.15) is 31.1 Å². The number of nitrogen functional groups attached to an aromatic ring is 1. The number of hydrogen-bond acceptors (Lipinski definition) is 7. The minimum Gasteiger partial charge on any atom is -0.462 e. The Morgan fingerprint density at radius 2 is 2.26 bits per heavy atom. The van der Waals surface area contributed by atoms with Crippen molar-refractivity contribution in [2.24, 2.45) is 0 Å². The molecule has 1 heterocycles. The summed E-state index contributed by atoms with van der Waals surface area (Å²) in [6.45, 7) is 7.95. The third kappa shape index (κ3) is 4.36. The Morgan fingerprint density at radius 3 is 2.84 bits per heavy atom. The van der Waals surface area contributed by atoms with E-state index in [-0.39, 0.29) is 5.82 Å². The van der Waals surface area contributed by atoms with E-state index in [2.05, 4.69) is 35.5 Å². The molecule has 0 aliphatic rings. The second-order valence-corrected chi connectivity index (χ2v) is 5.27. The molecule has 3 N–H and O–H groups in total. The van der Waals surface area contributed by atoms with E-state index in [4.69, 9.17) is 10.5 Å². The standard InChI is InChI=1S/C12H22N4O2S/c1-5-18-12(17)9-10(13)15-19-11(9)14-6-7-16(4)8(2)3/h8,14H,5-7H2,1-4H3,(H2,13,15). The quantitative estimate of drug-likeness (QED) is 0.742. The van der Waals surface area contributed by atoms with Gasteiger partial charge in [-0.15, -0.1) is 0 Å². The van der Waals surface area contributed by atoms with Crippen LogP contribution >= 0.6 is 11.5 Å². The van der Waals surface area contributed by atoms with E-state index in [1.807, 2.05) is 0 Å². The summed E-state index contributed by atoms with van der Waals surface area (Å²) in [5.41, 5.74) is 6.05. The Labute approximate surface area is 118 Å². The molecule has 1 aromatic rings. The van der Waals surface area contributed by atoms with Crippen LogP contribution in [0.2, 0.25) is 0 Å². The second-order valence-electron chi connectivity index (χ2n) is 4.49. The van der Waals surface area contributed by atoms with Gasteiger partial charge in [-0.2, -0.15) is 4.37 Å². The summed E-state index contributed by atoms with van der Waals surface area (Å²) in [5.74, 6) is -0.198. The number of anilines is 2. The van der Waals surface area contributed by atoms with Gasteiger partial charge in [-0.3, -0.25) is 0 Å². The molecule has 0 atom stereocenters. The van der Waals surface area contributed by atoms with Crippen molar-refractivity contribution >= 4 is 28.3 Å². The lowest BCUT2D eigenvalue weighted by atomic mass is 10.3. The molecule has 1 aromatic heterocycles. The zero-order valence-corrected chi connectivity index (χ0v) is 12.7. The fourth-order valence-electron chi connectivity index (χ4n) is 1.43. The molecular formula is C12H22N4O2S. The maximum atomic E-state index is 11.8. The average Bonchev–Trinajstić information content (AvgIpc) is 2.70. The first-order valence-electron chi connectivity index (χ1n) is 6.33. The number of ether oxygens (including phenoxy) is 1. The van der Waals surface area contributed by atoms with Crippen molar-refractivity contribution in [3.8, 4) is 0 Å². The minimum atomic E-state index is -0.423. The van der Waals surface area contributed by atoms with Gasteiger partial charge in [-0.25, -0.2) is 4.79 Å². The van der Waals surface area contributed by atoms with Crippen LogP contribution in [0.5, 0.6) is 0 Å². The zero-order valence-electron chi connectivity index (χ0n) is 11.9. The molecule has 0 spiro atoms. The third-order valence-corrected chi connectivity index (χ3v) is 3.65. The molecule has 0 amide bonds. The molecule has 0 aromatic carbocycles. The molecule has 19 heavy (non-hydrogen) atoms. The highest BCUT2D eigenvalue weighted by molar-refractivity contribution is 7.11. The van der Waals surface area contributed by atoms with Crippen LogP contribution in [0.3, 0.4) is 0 Å². The number of esters is 1. The number of likely N-dealkylation sites (N-methyl/N-ethyl adjacent to an activating group) is 1. The molecule has 0 aliphatic carbocycles. The number of nitrogens with zero attached hydrogens (tertiary/aromatic N) is 2. The molecule has 0 fully saturated rings. The van der Waals surface area contributed by atoms with Crippen LogP contribution in [-0.4, -0.2) is 48.0 Å². The highest BCUT2D eigenvalue weighted by Gasteiger charge is 2.20. The van der Waals surface area contributed by atoms with Crippen molar-refractivity contribution in [3.63, 3.8) is 0 Å². The smallest absolute Gasteiger partial charge is 0.344 e. The van der Waals surface area contributed by atoms with E-state index >= 15 is 0 Å². The topological polar surface area (TPSA) is 80.5 Å². The summed E-state index contributed by atoms with van der Waals surface area (Å²) >= 11 is 1.18. The van der Waals surface area contributed by atoms with Crippen LogP contribution in [0.15, 0.2) is 0 Å². The van der Waals surface area contributed by atoms with Gasteiger partial charge >= 0.3 is 5.97 Å². The molecule has 7 heteroatoms. The van der Waals surface area contributed by atoms with Crippen LogP contribution in [-0.2, 0) is 4.74 Å². The molecule has 0 bridgehead atoms. The predicted molar refractivity (Wildman–Crippen MR) is 78.7 cm³/mol. The van der Waals surface area contributed by atoms with Crippen molar-refractivity contribution in [3.05, 3.63) is 5.56 Å². The predicted octanol–water partition coefficient (Wildman–Crippen LogP) is 1.65. The number of rotatable bonds is 7. The largest absolute Gasteiger partial charge is 0.462 e. The first kappa shape index (κ1) is 15.7. The van der Waals surface area contributed by atoms with Crippen LogP contribution in [0, 0.1) is 0 Å². The average molecular weight is 286 g/mol. The van der Waals surface area contributed by atoms with Crippen LogP contribution in [0.25, 0.3) is 0 Å². The molecular weight excluding hydrogens is 264 g/mol. The van der Waals surface area contributed by atoms with E-state index < -0.39 is 5.97 Å². The fourth-order valence-corrected chi connectivity index (χ4v) is 2.15. The maximum absolute atomic E-state index is 11.8. The van der Waals surface area contributed by atoms with Crippen LogP contribution in [0.4, 0.5) is 10.8 Å². The molecule has 0 saturated carbocycles. The number of aromatic nitrogens is 1. The molecule has 0 unspecified atom stereocenters. The molecule has 0 saturated heterocycles. The Balaban J connectivity index is 2.62. The third-order valence-electron chi connectivity index (χ3n) is 2.83. The highest BCUT2D eigenvalue weighted by Crippen LogP contribution is 2.27. The molecule has 0 radical (unpaired) electrons. The molecule has 6 nitrogen and oxygen atoms in total. The minimum absolute atomic E-state index is 0.225. The number of nitrogens with one attached hydrogen (secondary N) is 1. The SMILES string of the molecule is CCOC(=O)c1c(N)nsc1NCCN(C)C(C)C. The zero-order chi connectivity index (χ0) is 14.4. The van der Waals surface area contributed by atoms with Crippen molar-refractivity contribution in [2.75, 3.05) is 37.8 Å². The first-order valence-corrected chi connectivity index (χ1v) is 7.11. The maximum Gasteiger partial charge on any atom is 0.344 e. The van der Waals surface area contributed by atoms with Crippen molar-refractivity contribution < 1.29 is 9.53 Å². The molecule has 0 aliphatic heterocycles. The lowest BCUT2D eigenvalue weighted by Gasteiger charge is -2.21. The van der Waals surface area contributed by atoms with Gasteiger partial charge in [0.25, 0.3) is 0 Å². The van der Waals surface area contributed by atoms with Crippen LogP contribution < -0.4 is 11.1 Å². The van der Waals surface area contributed by atoms with E-state index in [1.54, 1.807) is 6.92 Å². The van der Waals surface area contributed by atoms with Gasteiger partial charge < -0.3 is 20.7 Å². The number of nitrogens with two attached hydrogens (primary N) is 1. The number of carbonyl (C=O) groups excluding carboxylic acids is 1. The summed E-state index contributed by atoms with van der Waals surface area (Å²) in [6.07, 6.45) is 0. The highest BCUT2D eigenvalue weighted by atomic mass is 32.1. The Morgan fingerprint density at radius 1 is 1.58 bits per heavy atom. The Kier molecular flexibility index (Phi) is 6.04. The lowest BCUT2D eigenvalue weighted by Crippen LogP contribution is -2.31. The van der Waals surface area contributed by atoms with Crippen molar-refractivity contribution in [1.29, 1.82) is 0 Å². The summed E-state index contributed by atoms with van der Waals surface area (Å²) in [7, 11) is 2.06. The van der Waals surface area contributed by atoms with Gasteiger partial charge in [-0.05, 0) is 39.4 Å². The summed E-state index contributed by atoms with van der Waals surface area (Å²) in [4.78, 5) is 14.0. The Hall–Kier alpha value is -1.34. The van der Waals surface area contributed by atoms with Gasteiger partial charge in [-0.1, -0.05) is 0 Å². The second kappa shape index (κ2) is 7.30. The van der Waals surface area contributed by atoms with Gasteiger partial charge in [0.15, 0.2) is 5.82 Å². The number of carbonyl (C=O) groups is 1. The molecule has 108 valence electrons. The summed E-state index contributed by atoms with van der Waals surface area (Å²) in [5, 5.41) is 3.87. The number of hydrogen-bond donors (Lipinski definition) is 2. The first-order chi connectivity index (χ1) is 8.97. The van der Waals surface area contributed by atoms with E-state index in [0.717, 1.165) is 13.1 Å². The van der Waals surface area contributed by atoms with E-state index in [9.17, 15) is 4.79 Å². The summed E-state index contributed by atoms with van der Waals surface area (Å²) in [6, 6.07) is 0.484. The van der Waals surface area contributed by atoms with E-state index in [0.29, 0.717) is 23.2 Å². The normalized spacial score (nSPS) is 11.1. The lowest BCUT2D eigenvalue weighted by molar-refractivity contribution is 0.0529. The monoisotopic (exact) mass is 286 g/mol. The van der Waals surface area contributed by atoms with Gasteiger partial charge in [0.05, 0.1) is 6.61 Å². The molecule has 1 rings (SSSR count).